The Kier molecular flexibility index (Phi) is 3.70. The lowest BCUT2D eigenvalue weighted by molar-refractivity contribution is -0.137. The summed E-state index contributed by atoms with van der Waals surface area (Å²) in [5.74, 6) is -1.18. The molecule has 6 heteroatoms. The topological polar surface area (TPSA) is 87.3 Å². The number of piperidine rings is 1. The summed E-state index contributed by atoms with van der Waals surface area (Å²) in [6, 6.07) is 7.18. The van der Waals surface area contributed by atoms with Gasteiger partial charge in [-0.3, -0.25) is 19.7 Å². The molecule has 1 saturated heterocycles. The summed E-state index contributed by atoms with van der Waals surface area (Å²) >= 11 is 0. The van der Waals surface area contributed by atoms with E-state index < -0.39 is 11.9 Å². The van der Waals surface area contributed by atoms with Crippen LogP contribution < -0.4 is 16.0 Å². The van der Waals surface area contributed by atoms with Gasteiger partial charge in [0.1, 0.15) is 6.04 Å². The maximum atomic E-state index is 12.4. The van der Waals surface area contributed by atoms with Crippen molar-refractivity contribution in [1.29, 1.82) is 0 Å². The summed E-state index contributed by atoms with van der Waals surface area (Å²) in [6.07, 6.45) is 0.619. The van der Waals surface area contributed by atoms with E-state index in [1.165, 1.54) is 0 Å². The quantitative estimate of drug-likeness (QED) is 0.657. The summed E-state index contributed by atoms with van der Waals surface area (Å²) in [7, 11) is 0. The van der Waals surface area contributed by atoms with E-state index in [1.807, 2.05) is 24.3 Å². The molecule has 6 nitrogen and oxygen atoms in total. The van der Waals surface area contributed by atoms with Crippen molar-refractivity contribution in [1.82, 2.24) is 16.0 Å². The van der Waals surface area contributed by atoms with Crippen LogP contribution in [0.1, 0.15) is 29.9 Å². The molecule has 0 spiro atoms. The molecule has 1 aromatic carbocycles. The molecule has 0 aromatic heterocycles. The fourth-order valence-corrected chi connectivity index (χ4v) is 2.83. The molecule has 3 rings (SSSR count). The highest BCUT2D eigenvalue weighted by molar-refractivity contribution is 6.02. The van der Waals surface area contributed by atoms with Crippen molar-refractivity contribution in [3.8, 4) is 0 Å². The minimum atomic E-state index is -0.621. The Labute approximate surface area is 122 Å². The molecule has 1 fully saturated rings. The van der Waals surface area contributed by atoms with Gasteiger partial charge in [-0.15, -0.1) is 0 Å². The first kappa shape index (κ1) is 13.8. The number of hydrogen-bond acceptors (Lipinski definition) is 4. The van der Waals surface area contributed by atoms with Gasteiger partial charge >= 0.3 is 0 Å². The van der Waals surface area contributed by atoms with Crippen molar-refractivity contribution in [2.24, 2.45) is 0 Å². The molecule has 3 amide bonds. The first-order valence-electron chi connectivity index (χ1n) is 7.08. The Hall–Kier alpha value is -2.21. The lowest BCUT2D eigenvalue weighted by Crippen LogP contribution is -2.54. The largest absolute Gasteiger partial charge is 0.344 e. The van der Waals surface area contributed by atoms with Crippen molar-refractivity contribution >= 4 is 17.7 Å². The van der Waals surface area contributed by atoms with Gasteiger partial charge in [0.05, 0.1) is 5.92 Å². The number of imide groups is 1. The van der Waals surface area contributed by atoms with Crippen LogP contribution in [0.5, 0.6) is 0 Å². The Morgan fingerprint density at radius 2 is 2.05 bits per heavy atom. The predicted molar refractivity (Wildman–Crippen MR) is 75.2 cm³/mol. The second kappa shape index (κ2) is 5.65. The molecule has 21 heavy (non-hydrogen) atoms. The fourth-order valence-electron chi connectivity index (χ4n) is 2.83. The summed E-state index contributed by atoms with van der Waals surface area (Å²) in [5, 5.41) is 8.22. The molecule has 110 valence electrons. The smallest absolute Gasteiger partial charge is 0.249 e. The van der Waals surface area contributed by atoms with Crippen LogP contribution in [0.4, 0.5) is 0 Å². The first-order valence-corrected chi connectivity index (χ1v) is 7.08. The summed E-state index contributed by atoms with van der Waals surface area (Å²) in [5.41, 5.74) is 2.10. The van der Waals surface area contributed by atoms with E-state index >= 15 is 0 Å². The van der Waals surface area contributed by atoms with Crippen LogP contribution in [0, 0.1) is 0 Å². The van der Waals surface area contributed by atoms with Gasteiger partial charge in [0, 0.05) is 19.5 Å². The van der Waals surface area contributed by atoms with Gasteiger partial charge in [-0.2, -0.15) is 0 Å². The number of carbonyl (C=O) groups is 3. The van der Waals surface area contributed by atoms with E-state index in [0.717, 1.165) is 17.7 Å². The zero-order valence-corrected chi connectivity index (χ0v) is 11.5. The number of hydrogen-bond donors (Lipinski definition) is 3. The van der Waals surface area contributed by atoms with Crippen LogP contribution in [-0.4, -0.2) is 30.3 Å². The Morgan fingerprint density at radius 1 is 1.24 bits per heavy atom. The third kappa shape index (κ3) is 2.80. The third-order valence-corrected chi connectivity index (χ3v) is 3.97. The van der Waals surface area contributed by atoms with E-state index in [0.29, 0.717) is 13.0 Å². The molecule has 3 N–H and O–H groups in total. The van der Waals surface area contributed by atoms with Crippen LogP contribution in [0.25, 0.3) is 0 Å². The molecule has 2 aliphatic heterocycles. The van der Waals surface area contributed by atoms with E-state index in [-0.39, 0.29) is 24.2 Å². The lowest BCUT2D eigenvalue weighted by atomic mass is 9.90. The molecule has 1 aromatic rings. The summed E-state index contributed by atoms with van der Waals surface area (Å²) in [4.78, 5) is 35.3. The van der Waals surface area contributed by atoms with E-state index in [4.69, 9.17) is 0 Å². The Morgan fingerprint density at radius 3 is 2.86 bits per heavy atom. The molecule has 0 bridgehead atoms. The number of carbonyl (C=O) groups excluding carboxylic acids is 3. The minimum Gasteiger partial charge on any atom is -0.344 e. The van der Waals surface area contributed by atoms with Crippen LogP contribution in [0.15, 0.2) is 24.3 Å². The van der Waals surface area contributed by atoms with Crippen molar-refractivity contribution in [3.05, 3.63) is 35.4 Å². The van der Waals surface area contributed by atoms with Gasteiger partial charge in [-0.05, 0) is 17.5 Å². The Bertz CT molecular complexity index is 600. The van der Waals surface area contributed by atoms with Crippen LogP contribution in [0.3, 0.4) is 0 Å². The Balaban J connectivity index is 1.72. The van der Waals surface area contributed by atoms with E-state index in [9.17, 15) is 14.4 Å². The van der Waals surface area contributed by atoms with Crippen molar-refractivity contribution in [3.63, 3.8) is 0 Å². The molecular formula is C15H17N3O3. The maximum absolute atomic E-state index is 12.4. The number of benzene rings is 1. The van der Waals surface area contributed by atoms with E-state index in [1.54, 1.807) is 0 Å². The van der Waals surface area contributed by atoms with Gasteiger partial charge in [0.25, 0.3) is 0 Å². The zero-order valence-electron chi connectivity index (χ0n) is 11.5. The SMILES string of the molecule is O=C1CCC(NC(=O)C2CNCc3ccccc32)C(=O)N1. The van der Waals surface area contributed by atoms with Crippen LogP contribution in [0.2, 0.25) is 0 Å². The standard InChI is InChI=1S/C15H17N3O3/c19-13-6-5-12(15(21)18-13)17-14(20)11-8-16-7-9-3-1-2-4-10(9)11/h1-4,11-12,16H,5-8H2,(H,17,20)(H,18,19,21). The second-order valence-electron chi connectivity index (χ2n) is 5.39. The molecule has 2 heterocycles. The fraction of sp³-hybridized carbons (Fsp3) is 0.400. The molecular weight excluding hydrogens is 270 g/mol. The highest BCUT2D eigenvalue weighted by Gasteiger charge is 2.32. The zero-order chi connectivity index (χ0) is 14.8. The van der Waals surface area contributed by atoms with Gasteiger partial charge in [-0.25, -0.2) is 0 Å². The number of nitrogens with one attached hydrogen (secondary N) is 3. The molecule has 0 aliphatic carbocycles. The average Bonchev–Trinajstić information content (AvgIpc) is 2.49. The van der Waals surface area contributed by atoms with Crippen LogP contribution >= 0.6 is 0 Å². The monoisotopic (exact) mass is 287 g/mol. The number of amides is 3. The average molecular weight is 287 g/mol. The van der Waals surface area contributed by atoms with Crippen molar-refractivity contribution < 1.29 is 14.4 Å². The van der Waals surface area contributed by atoms with Crippen molar-refractivity contribution in [2.45, 2.75) is 31.3 Å². The number of fused-ring (bicyclic) bond motifs is 1. The van der Waals surface area contributed by atoms with Crippen LogP contribution in [-0.2, 0) is 20.9 Å². The number of rotatable bonds is 2. The van der Waals surface area contributed by atoms with Gasteiger partial charge < -0.3 is 10.6 Å². The van der Waals surface area contributed by atoms with E-state index in [2.05, 4.69) is 16.0 Å². The highest BCUT2D eigenvalue weighted by atomic mass is 16.2. The highest BCUT2D eigenvalue weighted by Crippen LogP contribution is 2.24. The summed E-state index contributed by atoms with van der Waals surface area (Å²) < 4.78 is 0. The van der Waals surface area contributed by atoms with Gasteiger partial charge in [-0.1, -0.05) is 24.3 Å². The molecule has 2 aliphatic rings. The first-order chi connectivity index (χ1) is 10.1. The minimum absolute atomic E-state index is 0.177. The summed E-state index contributed by atoms with van der Waals surface area (Å²) in [6.45, 7) is 1.30. The lowest BCUT2D eigenvalue weighted by Gasteiger charge is -2.28. The van der Waals surface area contributed by atoms with Crippen molar-refractivity contribution in [2.75, 3.05) is 6.54 Å². The predicted octanol–water partition coefficient (Wildman–Crippen LogP) is -0.205. The third-order valence-electron chi connectivity index (χ3n) is 3.97. The molecule has 0 radical (unpaired) electrons. The molecule has 2 atom stereocenters. The molecule has 0 saturated carbocycles. The normalized spacial score (nSPS) is 25.0. The van der Waals surface area contributed by atoms with Gasteiger partial charge in [0.2, 0.25) is 17.7 Å². The second-order valence-corrected chi connectivity index (χ2v) is 5.39. The molecule has 2 unspecified atom stereocenters. The van der Waals surface area contributed by atoms with Gasteiger partial charge in [0.15, 0.2) is 0 Å². The maximum Gasteiger partial charge on any atom is 0.249 e.